The van der Waals surface area contributed by atoms with E-state index in [-0.39, 0.29) is 0 Å². The second-order valence-corrected chi connectivity index (χ2v) is 7.78. The summed E-state index contributed by atoms with van der Waals surface area (Å²) >= 11 is 0. The van der Waals surface area contributed by atoms with Crippen LogP contribution in [0.5, 0.6) is 0 Å². The quantitative estimate of drug-likeness (QED) is 0.158. The molecule has 0 atom stereocenters. The molecule has 0 aliphatic heterocycles. The molecule has 0 saturated carbocycles. The van der Waals surface area contributed by atoms with Crippen molar-refractivity contribution < 1.29 is 0 Å². The van der Waals surface area contributed by atoms with Gasteiger partial charge in [0.15, 0.2) is 0 Å². The van der Waals surface area contributed by atoms with E-state index in [9.17, 15) is 0 Å². The summed E-state index contributed by atoms with van der Waals surface area (Å²) in [4.78, 5) is 2.74. The molecular formula is C24H49N. The summed E-state index contributed by atoms with van der Waals surface area (Å²) in [5.41, 5.74) is 0. The Morgan fingerprint density at radius 2 is 0.880 bits per heavy atom. The Kier molecular flexibility index (Phi) is 21.5. The second kappa shape index (κ2) is 21.7. The van der Waals surface area contributed by atoms with Crippen molar-refractivity contribution in [1.82, 2.24) is 4.90 Å². The van der Waals surface area contributed by atoms with Crippen molar-refractivity contribution in [3.8, 4) is 0 Å². The minimum atomic E-state index is 1.25. The second-order valence-electron chi connectivity index (χ2n) is 7.78. The van der Waals surface area contributed by atoms with Crippen LogP contribution in [0, 0.1) is 0 Å². The normalized spacial score (nSPS) is 11.8. The van der Waals surface area contributed by atoms with Crippen LogP contribution >= 0.6 is 0 Å². The van der Waals surface area contributed by atoms with Gasteiger partial charge in [0.05, 0.1) is 0 Å². The molecule has 0 aromatic heterocycles. The van der Waals surface area contributed by atoms with E-state index in [0.717, 1.165) is 0 Å². The summed E-state index contributed by atoms with van der Waals surface area (Å²) < 4.78 is 0. The Balaban J connectivity index is 3.85. The van der Waals surface area contributed by atoms with E-state index in [2.05, 4.69) is 37.8 Å². The molecule has 0 rings (SSSR count). The Hall–Kier alpha value is -0.300. The molecule has 0 unspecified atom stereocenters. The molecule has 0 aromatic rings. The SMILES string of the molecule is CCCC/C=C/CCN(CCCCCCCC)CCCCCCCC. The molecule has 0 aromatic carbocycles. The smallest absolute Gasteiger partial charge is 0.00159 e. The number of hydrogen-bond donors (Lipinski definition) is 0. The lowest BCUT2D eigenvalue weighted by Gasteiger charge is -2.21. The van der Waals surface area contributed by atoms with Gasteiger partial charge >= 0.3 is 0 Å². The lowest BCUT2D eigenvalue weighted by molar-refractivity contribution is 0.264. The molecule has 0 heterocycles. The minimum Gasteiger partial charge on any atom is -0.303 e. The predicted molar refractivity (Wildman–Crippen MR) is 116 cm³/mol. The largest absolute Gasteiger partial charge is 0.303 e. The van der Waals surface area contributed by atoms with Crippen LogP contribution in [-0.4, -0.2) is 24.5 Å². The Morgan fingerprint density at radius 3 is 1.40 bits per heavy atom. The first-order valence-electron chi connectivity index (χ1n) is 11.7. The first-order chi connectivity index (χ1) is 12.3. The van der Waals surface area contributed by atoms with Crippen LogP contribution in [0.3, 0.4) is 0 Å². The van der Waals surface area contributed by atoms with Gasteiger partial charge < -0.3 is 4.90 Å². The molecule has 25 heavy (non-hydrogen) atoms. The number of nitrogens with zero attached hydrogens (tertiary/aromatic N) is 1. The first kappa shape index (κ1) is 24.7. The number of allylic oxidation sites excluding steroid dienone is 1. The van der Waals surface area contributed by atoms with Crippen LogP contribution in [-0.2, 0) is 0 Å². The average molecular weight is 352 g/mol. The lowest BCUT2D eigenvalue weighted by atomic mass is 10.1. The molecule has 0 aliphatic rings. The third kappa shape index (κ3) is 19.9. The van der Waals surface area contributed by atoms with Gasteiger partial charge in [-0.1, -0.05) is 110 Å². The fourth-order valence-corrected chi connectivity index (χ4v) is 3.38. The van der Waals surface area contributed by atoms with Gasteiger partial charge in [-0.05, 0) is 38.8 Å². The molecule has 0 radical (unpaired) electrons. The van der Waals surface area contributed by atoms with Gasteiger partial charge in [0, 0.05) is 6.54 Å². The average Bonchev–Trinajstić information content (AvgIpc) is 2.63. The zero-order chi connectivity index (χ0) is 18.4. The lowest BCUT2D eigenvalue weighted by Crippen LogP contribution is -2.27. The highest BCUT2D eigenvalue weighted by atomic mass is 15.1. The van der Waals surface area contributed by atoms with Crippen molar-refractivity contribution in [3.63, 3.8) is 0 Å². The number of rotatable bonds is 20. The van der Waals surface area contributed by atoms with Crippen molar-refractivity contribution in [2.75, 3.05) is 19.6 Å². The highest BCUT2D eigenvalue weighted by Crippen LogP contribution is 2.09. The molecule has 150 valence electrons. The van der Waals surface area contributed by atoms with Gasteiger partial charge in [-0.25, -0.2) is 0 Å². The van der Waals surface area contributed by atoms with Crippen LogP contribution in [0.1, 0.15) is 124 Å². The molecule has 1 nitrogen and oxygen atoms in total. The van der Waals surface area contributed by atoms with Crippen molar-refractivity contribution in [3.05, 3.63) is 12.2 Å². The predicted octanol–water partition coefficient (Wildman–Crippen LogP) is 8.15. The van der Waals surface area contributed by atoms with Gasteiger partial charge in [0.1, 0.15) is 0 Å². The standard InChI is InChI=1S/C24H49N/c1-4-7-10-13-16-19-22-25(23-20-17-14-11-8-5-2)24-21-18-15-12-9-6-3/h13,16H,4-12,14-15,17-24H2,1-3H3/b16-13+. The van der Waals surface area contributed by atoms with Crippen LogP contribution in [0.15, 0.2) is 12.2 Å². The Labute approximate surface area is 160 Å². The van der Waals surface area contributed by atoms with E-state index >= 15 is 0 Å². The van der Waals surface area contributed by atoms with Crippen LogP contribution < -0.4 is 0 Å². The molecule has 0 saturated heterocycles. The maximum atomic E-state index is 2.74. The molecule has 0 bridgehead atoms. The van der Waals surface area contributed by atoms with Gasteiger partial charge in [-0.15, -0.1) is 0 Å². The van der Waals surface area contributed by atoms with Crippen molar-refractivity contribution in [2.45, 2.75) is 124 Å². The summed E-state index contributed by atoms with van der Waals surface area (Å²) in [6, 6.07) is 0. The highest BCUT2D eigenvalue weighted by molar-refractivity contribution is 4.82. The third-order valence-electron chi connectivity index (χ3n) is 5.16. The maximum absolute atomic E-state index is 2.74. The van der Waals surface area contributed by atoms with Crippen LogP contribution in [0.4, 0.5) is 0 Å². The summed E-state index contributed by atoms with van der Waals surface area (Å²) in [6.45, 7) is 10.8. The van der Waals surface area contributed by atoms with E-state index in [1.54, 1.807) is 0 Å². The van der Waals surface area contributed by atoms with E-state index in [4.69, 9.17) is 0 Å². The molecular weight excluding hydrogens is 302 g/mol. The zero-order valence-corrected chi connectivity index (χ0v) is 18.0. The fraction of sp³-hybridized carbons (Fsp3) is 0.917. The zero-order valence-electron chi connectivity index (χ0n) is 18.0. The number of hydrogen-bond acceptors (Lipinski definition) is 1. The number of unbranched alkanes of at least 4 members (excludes halogenated alkanes) is 12. The van der Waals surface area contributed by atoms with Gasteiger partial charge in [-0.2, -0.15) is 0 Å². The Morgan fingerprint density at radius 1 is 0.440 bits per heavy atom. The first-order valence-corrected chi connectivity index (χ1v) is 11.7. The topological polar surface area (TPSA) is 3.24 Å². The Bertz CT molecular complexity index is 243. The van der Waals surface area contributed by atoms with Crippen molar-refractivity contribution in [2.24, 2.45) is 0 Å². The summed E-state index contributed by atoms with van der Waals surface area (Å²) in [5, 5.41) is 0. The van der Waals surface area contributed by atoms with Crippen molar-refractivity contribution >= 4 is 0 Å². The molecule has 1 heteroatoms. The summed E-state index contributed by atoms with van der Waals surface area (Å²) in [7, 11) is 0. The van der Waals surface area contributed by atoms with E-state index in [1.165, 1.54) is 122 Å². The van der Waals surface area contributed by atoms with Crippen LogP contribution in [0.25, 0.3) is 0 Å². The summed E-state index contributed by atoms with van der Waals surface area (Å²) in [5.74, 6) is 0. The van der Waals surface area contributed by atoms with Gasteiger partial charge in [-0.3, -0.25) is 0 Å². The minimum absolute atomic E-state index is 1.25. The molecule has 0 spiro atoms. The van der Waals surface area contributed by atoms with Crippen molar-refractivity contribution in [1.29, 1.82) is 0 Å². The fourth-order valence-electron chi connectivity index (χ4n) is 3.38. The molecule has 0 fully saturated rings. The molecule has 0 amide bonds. The van der Waals surface area contributed by atoms with Crippen LogP contribution in [0.2, 0.25) is 0 Å². The van der Waals surface area contributed by atoms with E-state index in [0.29, 0.717) is 0 Å². The van der Waals surface area contributed by atoms with Gasteiger partial charge in [0.25, 0.3) is 0 Å². The van der Waals surface area contributed by atoms with E-state index < -0.39 is 0 Å². The van der Waals surface area contributed by atoms with E-state index in [1.807, 2.05) is 0 Å². The molecule has 0 N–H and O–H groups in total. The molecule has 0 aliphatic carbocycles. The summed E-state index contributed by atoms with van der Waals surface area (Å²) in [6.07, 6.45) is 27.0. The highest BCUT2D eigenvalue weighted by Gasteiger charge is 2.04. The third-order valence-corrected chi connectivity index (χ3v) is 5.16. The maximum Gasteiger partial charge on any atom is 0.00159 e. The van der Waals surface area contributed by atoms with Gasteiger partial charge in [0.2, 0.25) is 0 Å². The monoisotopic (exact) mass is 351 g/mol.